The zero-order valence-electron chi connectivity index (χ0n) is 12.4. The number of nitrogens with one attached hydrogen (secondary N) is 1. The van der Waals surface area contributed by atoms with Crippen molar-refractivity contribution in [2.24, 2.45) is 0 Å². The second-order valence-corrected chi connectivity index (χ2v) is 5.21. The van der Waals surface area contributed by atoms with Crippen molar-refractivity contribution in [1.82, 2.24) is 5.32 Å². The lowest BCUT2D eigenvalue weighted by Gasteiger charge is -2.31. The third-order valence-electron chi connectivity index (χ3n) is 3.21. The van der Waals surface area contributed by atoms with Gasteiger partial charge in [0.15, 0.2) is 11.5 Å². The van der Waals surface area contributed by atoms with Gasteiger partial charge in [0.2, 0.25) is 6.79 Å². The highest BCUT2D eigenvalue weighted by Crippen LogP contribution is 2.36. The van der Waals surface area contributed by atoms with Gasteiger partial charge in [-0.25, -0.2) is 4.79 Å². The van der Waals surface area contributed by atoms with Gasteiger partial charge in [-0.05, 0) is 45.4 Å². The molecule has 1 aliphatic rings. The Morgan fingerprint density at radius 3 is 2.75 bits per heavy atom. The van der Waals surface area contributed by atoms with Crippen molar-refractivity contribution in [2.45, 2.75) is 39.3 Å². The number of benzene rings is 1. The van der Waals surface area contributed by atoms with Crippen LogP contribution < -0.4 is 14.8 Å². The third-order valence-corrected chi connectivity index (χ3v) is 3.21. The van der Waals surface area contributed by atoms with E-state index in [0.29, 0.717) is 18.1 Å². The van der Waals surface area contributed by atoms with Gasteiger partial charge in [-0.15, -0.1) is 0 Å². The quantitative estimate of drug-likeness (QED) is 0.837. The van der Waals surface area contributed by atoms with Gasteiger partial charge in [0.25, 0.3) is 0 Å². The molecule has 1 atom stereocenters. The molecule has 1 aromatic rings. The molecule has 1 aromatic carbocycles. The lowest BCUT2D eigenvalue weighted by Crippen LogP contribution is -2.50. The van der Waals surface area contributed by atoms with Crippen molar-refractivity contribution in [3.8, 4) is 11.5 Å². The SMILES string of the molecule is CCOC(=O)C(C)(NC(C)C)c1ccc2c(c1)OCO2. The number of hydrogen-bond donors (Lipinski definition) is 1. The minimum atomic E-state index is -0.912. The molecule has 0 amide bonds. The fourth-order valence-electron chi connectivity index (χ4n) is 2.32. The Bertz CT molecular complexity index is 501. The first-order chi connectivity index (χ1) is 9.47. The molecule has 0 saturated heterocycles. The molecule has 0 bridgehead atoms. The van der Waals surface area contributed by atoms with Crippen molar-refractivity contribution in [3.05, 3.63) is 23.8 Å². The lowest BCUT2D eigenvalue weighted by atomic mass is 9.90. The zero-order valence-corrected chi connectivity index (χ0v) is 12.4. The van der Waals surface area contributed by atoms with Crippen LogP contribution in [0.3, 0.4) is 0 Å². The summed E-state index contributed by atoms with van der Waals surface area (Å²) in [4.78, 5) is 12.3. The van der Waals surface area contributed by atoms with E-state index in [1.807, 2.05) is 39.0 Å². The van der Waals surface area contributed by atoms with Crippen LogP contribution in [0.2, 0.25) is 0 Å². The Morgan fingerprint density at radius 1 is 1.40 bits per heavy atom. The minimum absolute atomic E-state index is 0.134. The summed E-state index contributed by atoms with van der Waals surface area (Å²) in [6, 6.07) is 5.64. The molecule has 1 aliphatic heterocycles. The van der Waals surface area contributed by atoms with Crippen LogP contribution in [0.15, 0.2) is 18.2 Å². The van der Waals surface area contributed by atoms with Crippen LogP contribution in [-0.2, 0) is 15.1 Å². The van der Waals surface area contributed by atoms with Crippen molar-refractivity contribution >= 4 is 5.97 Å². The topological polar surface area (TPSA) is 56.8 Å². The van der Waals surface area contributed by atoms with Crippen molar-refractivity contribution in [1.29, 1.82) is 0 Å². The molecule has 0 spiro atoms. The highest BCUT2D eigenvalue weighted by Gasteiger charge is 2.38. The fourth-order valence-corrected chi connectivity index (χ4v) is 2.32. The third kappa shape index (κ3) is 2.72. The first-order valence-corrected chi connectivity index (χ1v) is 6.82. The summed E-state index contributed by atoms with van der Waals surface area (Å²) in [5, 5.41) is 3.28. The van der Waals surface area contributed by atoms with E-state index in [1.165, 1.54) is 0 Å². The molecule has 5 heteroatoms. The van der Waals surface area contributed by atoms with Crippen LogP contribution in [0.25, 0.3) is 0 Å². The maximum absolute atomic E-state index is 12.3. The second-order valence-electron chi connectivity index (χ2n) is 5.21. The fraction of sp³-hybridized carbons (Fsp3) is 0.533. The molecule has 1 unspecified atom stereocenters. The molecule has 0 saturated carbocycles. The van der Waals surface area contributed by atoms with E-state index in [2.05, 4.69) is 5.32 Å². The molecule has 1 N–H and O–H groups in total. The van der Waals surface area contributed by atoms with Crippen LogP contribution in [0, 0.1) is 0 Å². The first kappa shape index (κ1) is 14.7. The number of fused-ring (bicyclic) bond motifs is 1. The summed E-state index contributed by atoms with van der Waals surface area (Å²) in [7, 11) is 0. The molecule has 0 fully saturated rings. The average Bonchev–Trinajstić information content (AvgIpc) is 2.85. The maximum Gasteiger partial charge on any atom is 0.330 e. The van der Waals surface area contributed by atoms with E-state index in [1.54, 1.807) is 6.92 Å². The van der Waals surface area contributed by atoms with E-state index in [9.17, 15) is 4.79 Å². The molecular formula is C15H21NO4. The van der Waals surface area contributed by atoms with E-state index < -0.39 is 5.54 Å². The van der Waals surface area contributed by atoms with Crippen LogP contribution in [0.1, 0.15) is 33.3 Å². The zero-order chi connectivity index (χ0) is 14.8. The van der Waals surface area contributed by atoms with Gasteiger partial charge in [0.1, 0.15) is 5.54 Å². The predicted molar refractivity (Wildman–Crippen MR) is 74.8 cm³/mol. The van der Waals surface area contributed by atoms with Gasteiger partial charge in [0.05, 0.1) is 6.61 Å². The molecule has 2 rings (SSSR count). The minimum Gasteiger partial charge on any atom is -0.464 e. The Morgan fingerprint density at radius 2 is 2.10 bits per heavy atom. The van der Waals surface area contributed by atoms with Crippen LogP contribution in [0.5, 0.6) is 11.5 Å². The van der Waals surface area contributed by atoms with Gasteiger partial charge in [-0.1, -0.05) is 6.07 Å². The Labute approximate surface area is 119 Å². The summed E-state index contributed by atoms with van der Waals surface area (Å²) >= 11 is 0. The highest BCUT2D eigenvalue weighted by molar-refractivity contribution is 5.82. The number of carbonyl (C=O) groups is 1. The highest BCUT2D eigenvalue weighted by atomic mass is 16.7. The summed E-state index contributed by atoms with van der Waals surface area (Å²) in [6.45, 7) is 8.16. The Kier molecular flexibility index (Phi) is 4.18. The maximum atomic E-state index is 12.3. The summed E-state index contributed by atoms with van der Waals surface area (Å²) in [5.41, 5.74) is -0.112. The monoisotopic (exact) mass is 279 g/mol. The summed E-state index contributed by atoms with van der Waals surface area (Å²) in [5.74, 6) is 1.06. The Hall–Kier alpha value is -1.75. The standard InChI is InChI=1S/C15H21NO4/c1-5-18-14(17)15(4,16-10(2)3)11-6-7-12-13(8-11)20-9-19-12/h6-8,10,16H,5,9H2,1-4H3. The summed E-state index contributed by atoms with van der Waals surface area (Å²) < 4.78 is 15.9. The number of ether oxygens (including phenoxy) is 3. The lowest BCUT2D eigenvalue weighted by molar-refractivity contribution is -0.151. The molecule has 110 valence electrons. The van der Waals surface area contributed by atoms with Gasteiger partial charge in [-0.2, -0.15) is 0 Å². The number of hydrogen-bond acceptors (Lipinski definition) is 5. The molecule has 0 aromatic heterocycles. The molecule has 0 aliphatic carbocycles. The molecule has 0 radical (unpaired) electrons. The normalized spacial score (nSPS) is 16.1. The number of carbonyl (C=O) groups excluding carboxylic acids is 1. The molecular weight excluding hydrogens is 258 g/mol. The molecule has 1 heterocycles. The second kappa shape index (κ2) is 5.71. The van der Waals surface area contributed by atoms with E-state index in [0.717, 1.165) is 5.56 Å². The van der Waals surface area contributed by atoms with Crippen molar-refractivity contribution in [2.75, 3.05) is 13.4 Å². The van der Waals surface area contributed by atoms with E-state index >= 15 is 0 Å². The van der Waals surface area contributed by atoms with Crippen molar-refractivity contribution < 1.29 is 19.0 Å². The average molecular weight is 279 g/mol. The van der Waals surface area contributed by atoms with Crippen LogP contribution >= 0.6 is 0 Å². The predicted octanol–water partition coefficient (Wildman–Crippen LogP) is 2.19. The Balaban J connectivity index is 2.37. The van der Waals surface area contributed by atoms with Crippen LogP contribution in [-0.4, -0.2) is 25.4 Å². The van der Waals surface area contributed by atoms with Crippen LogP contribution in [0.4, 0.5) is 0 Å². The van der Waals surface area contributed by atoms with Gasteiger partial charge < -0.3 is 14.2 Å². The smallest absolute Gasteiger partial charge is 0.330 e. The number of rotatable bonds is 5. The van der Waals surface area contributed by atoms with Gasteiger partial charge in [-0.3, -0.25) is 5.32 Å². The number of esters is 1. The van der Waals surface area contributed by atoms with Gasteiger partial charge in [0, 0.05) is 6.04 Å². The largest absolute Gasteiger partial charge is 0.464 e. The summed E-state index contributed by atoms with van der Waals surface area (Å²) in [6.07, 6.45) is 0. The molecule has 5 nitrogen and oxygen atoms in total. The van der Waals surface area contributed by atoms with E-state index in [4.69, 9.17) is 14.2 Å². The molecule has 20 heavy (non-hydrogen) atoms. The van der Waals surface area contributed by atoms with Gasteiger partial charge >= 0.3 is 5.97 Å². The first-order valence-electron chi connectivity index (χ1n) is 6.82. The van der Waals surface area contributed by atoms with Crippen molar-refractivity contribution in [3.63, 3.8) is 0 Å². The van der Waals surface area contributed by atoms with E-state index in [-0.39, 0.29) is 18.8 Å².